The van der Waals surface area contributed by atoms with Crippen molar-refractivity contribution in [3.8, 4) is 0 Å². The van der Waals surface area contributed by atoms with E-state index < -0.39 is 0 Å². The van der Waals surface area contributed by atoms with Gasteiger partial charge in [0, 0.05) is 10.9 Å². The topological polar surface area (TPSA) is 38.4 Å². The lowest BCUT2D eigenvalue weighted by Gasteiger charge is -2.09. The maximum atomic E-state index is 6.04. The maximum Gasteiger partial charge on any atom is 0.103 e. The second kappa shape index (κ2) is 4.88. The molecule has 0 heterocycles. The summed E-state index contributed by atoms with van der Waals surface area (Å²) < 4.78 is 0. The van der Waals surface area contributed by atoms with Crippen molar-refractivity contribution in [3.63, 3.8) is 0 Å². The quantitative estimate of drug-likeness (QED) is 0.615. The van der Waals surface area contributed by atoms with Crippen molar-refractivity contribution >= 4 is 23.1 Å². The number of halogens is 1. The second-order valence-corrected chi connectivity index (χ2v) is 4.89. The van der Waals surface area contributed by atoms with E-state index >= 15 is 0 Å². The van der Waals surface area contributed by atoms with E-state index in [0.29, 0.717) is 10.9 Å². The van der Waals surface area contributed by atoms with Crippen LogP contribution in [0, 0.1) is 12.8 Å². The molecule has 2 rings (SSSR count). The molecular weight excluding hydrogens is 220 g/mol. The molecule has 0 aromatic heterocycles. The van der Waals surface area contributed by atoms with Gasteiger partial charge >= 0.3 is 0 Å². The summed E-state index contributed by atoms with van der Waals surface area (Å²) in [5, 5.41) is 0.712. The van der Waals surface area contributed by atoms with Crippen molar-refractivity contribution in [2.45, 2.75) is 32.6 Å². The minimum absolute atomic E-state index is 0.471. The molecule has 0 aliphatic heterocycles. The smallest absolute Gasteiger partial charge is 0.103 e. The Hall–Kier alpha value is -1.02. The maximum absolute atomic E-state index is 6.04. The molecule has 16 heavy (non-hydrogen) atoms. The molecule has 1 saturated carbocycles. The number of nitrogens with two attached hydrogens (primary N) is 1. The van der Waals surface area contributed by atoms with Gasteiger partial charge in [-0.1, -0.05) is 30.5 Å². The molecule has 0 saturated heterocycles. The van der Waals surface area contributed by atoms with E-state index in [1.807, 2.05) is 25.1 Å². The Balaban J connectivity index is 2.23. The molecular formula is C13H17ClN2. The minimum Gasteiger partial charge on any atom is -0.387 e. The van der Waals surface area contributed by atoms with Crippen LogP contribution in [0.3, 0.4) is 0 Å². The predicted octanol–water partition coefficient (Wildman–Crippen LogP) is 3.83. The molecule has 86 valence electrons. The summed E-state index contributed by atoms with van der Waals surface area (Å²) in [5.74, 6) is 1.24. The van der Waals surface area contributed by atoms with Crippen molar-refractivity contribution in [1.82, 2.24) is 0 Å². The van der Waals surface area contributed by atoms with Gasteiger partial charge in [0.05, 0.1) is 5.69 Å². The van der Waals surface area contributed by atoms with Crippen LogP contribution in [0.5, 0.6) is 0 Å². The highest BCUT2D eigenvalue weighted by molar-refractivity contribution is 6.30. The first-order valence-electron chi connectivity index (χ1n) is 5.77. The van der Waals surface area contributed by atoms with Gasteiger partial charge in [0.1, 0.15) is 5.84 Å². The van der Waals surface area contributed by atoms with E-state index in [2.05, 4.69) is 4.99 Å². The van der Waals surface area contributed by atoms with Crippen molar-refractivity contribution in [1.29, 1.82) is 0 Å². The molecule has 0 spiro atoms. The molecule has 1 aliphatic carbocycles. The fourth-order valence-corrected chi connectivity index (χ4v) is 2.32. The first-order chi connectivity index (χ1) is 7.66. The van der Waals surface area contributed by atoms with Crippen molar-refractivity contribution in [3.05, 3.63) is 28.8 Å². The first-order valence-corrected chi connectivity index (χ1v) is 6.15. The molecule has 2 N–H and O–H groups in total. The summed E-state index contributed by atoms with van der Waals surface area (Å²) in [6, 6.07) is 5.73. The van der Waals surface area contributed by atoms with Gasteiger partial charge in [-0.25, -0.2) is 4.99 Å². The molecule has 2 nitrogen and oxygen atoms in total. The summed E-state index contributed by atoms with van der Waals surface area (Å²) >= 11 is 5.95. The highest BCUT2D eigenvalue weighted by atomic mass is 35.5. The summed E-state index contributed by atoms with van der Waals surface area (Å²) in [4.78, 5) is 4.51. The van der Waals surface area contributed by atoms with Gasteiger partial charge in [-0.3, -0.25) is 0 Å². The van der Waals surface area contributed by atoms with Crippen LogP contribution in [-0.2, 0) is 0 Å². The van der Waals surface area contributed by atoms with Crippen molar-refractivity contribution < 1.29 is 0 Å². The SMILES string of the molecule is Cc1ccc(Cl)cc1N=C(N)C1CCCC1. The van der Waals surface area contributed by atoms with Gasteiger partial charge in [-0.05, 0) is 37.5 Å². The van der Waals surface area contributed by atoms with Crippen LogP contribution in [-0.4, -0.2) is 5.84 Å². The third-order valence-electron chi connectivity index (χ3n) is 3.19. The number of rotatable bonds is 2. The van der Waals surface area contributed by atoms with E-state index in [-0.39, 0.29) is 0 Å². The third-order valence-corrected chi connectivity index (χ3v) is 3.43. The summed E-state index contributed by atoms with van der Waals surface area (Å²) in [6.07, 6.45) is 4.90. The van der Waals surface area contributed by atoms with Gasteiger partial charge in [-0.2, -0.15) is 0 Å². The highest BCUT2D eigenvalue weighted by Gasteiger charge is 2.18. The van der Waals surface area contributed by atoms with E-state index in [1.165, 1.54) is 25.7 Å². The van der Waals surface area contributed by atoms with Gasteiger partial charge in [0.15, 0.2) is 0 Å². The Morgan fingerprint density at radius 1 is 1.38 bits per heavy atom. The fraction of sp³-hybridized carbons (Fsp3) is 0.462. The zero-order chi connectivity index (χ0) is 11.5. The molecule has 1 aliphatic rings. The number of aryl methyl sites for hydroxylation is 1. The Morgan fingerprint density at radius 2 is 2.06 bits per heavy atom. The van der Waals surface area contributed by atoms with Crippen LogP contribution >= 0.6 is 11.6 Å². The zero-order valence-electron chi connectivity index (χ0n) is 9.54. The number of hydrogen-bond acceptors (Lipinski definition) is 1. The molecule has 0 amide bonds. The monoisotopic (exact) mass is 236 g/mol. The lowest BCUT2D eigenvalue weighted by atomic mass is 10.1. The molecule has 3 heteroatoms. The minimum atomic E-state index is 0.471. The number of nitrogens with zero attached hydrogens (tertiary/aromatic N) is 1. The van der Waals surface area contributed by atoms with Crippen molar-refractivity contribution in [2.24, 2.45) is 16.6 Å². The first kappa shape index (κ1) is 11.5. The summed E-state index contributed by atoms with van der Waals surface area (Å²) in [7, 11) is 0. The Morgan fingerprint density at radius 3 is 2.75 bits per heavy atom. The molecule has 1 fully saturated rings. The average Bonchev–Trinajstić information content (AvgIpc) is 2.76. The second-order valence-electron chi connectivity index (χ2n) is 4.45. The van der Waals surface area contributed by atoms with Crippen molar-refractivity contribution in [2.75, 3.05) is 0 Å². The summed E-state index contributed by atoms with van der Waals surface area (Å²) in [6.45, 7) is 2.02. The molecule has 0 radical (unpaired) electrons. The molecule has 0 unspecified atom stereocenters. The van der Waals surface area contributed by atoms with Crippen LogP contribution in [0.2, 0.25) is 5.02 Å². The van der Waals surface area contributed by atoms with E-state index in [9.17, 15) is 0 Å². The average molecular weight is 237 g/mol. The molecule has 1 aromatic carbocycles. The van der Waals surface area contributed by atoms with Gasteiger partial charge in [-0.15, -0.1) is 0 Å². The fourth-order valence-electron chi connectivity index (χ4n) is 2.15. The number of hydrogen-bond donors (Lipinski definition) is 1. The van der Waals surface area contributed by atoms with Crippen LogP contribution in [0.4, 0.5) is 5.69 Å². The normalized spacial score (nSPS) is 18.0. The van der Waals surface area contributed by atoms with E-state index in [4.69, 9.17) is 17.3 Å². The van der Waals surface area contributed by atoms with Gasteiger partial charge in [0.2, 0.25) is 0 Å². The number of aliphatic imine (C=N–C) groups is 1. The summed E-state index contributed by atoms with van der Waals surface area (Å²) in [5.41, 5.74) is 8.05. The van der Waals surface area contributed by atoms with Gasteiger partial charge in [0.25, 0.3) is 0 Å². The van der Waals surface area contributed by atoms with Crippen LogP contribution in [0.15, 0.2) is 23.2 Å². The predicted molar refractivity (Wildman–Crippen MR) is 69.4 cm³/mol. The number of amidine groups is 1. The number of benzene rings is 1. The highest BCUT2D eigenvalue weighted by Crippen LogP contribution is 2.28. The van der Waals surface area contributed by atoms with Crippen LogP contribution in [0.1, 0.15) is 31.2 Å². The Bertz CT molecular complexity index is 406. The van der Waals surface area contributed by atoms with Crippen LogP contribution < -0.4 is 5.73 Å². The largest absolute Gasteiger partial charge is 0.387 e. The lowest BCUT2D eigenvalue weighted by Crippen LogP contribution is -2.20. The van der Waals surface area contributed by atoms with Gasteiger partial charge < -0.3 is 5.73 Å². The Labute approximate surface area is 102 Å². The van der Waals surface area contributed by atoms with Crippen LogP contribution in [0.25, 0.3) is 0 Å². The van der Waals surface area contributed by atoms with E-state index in [1.54, 1.807) is 0 Å². The lowest BCUT2D eigenvalue weighted by molar-refractivity contribution is 0.722. The zero-order valence-corrected chi connectivity index (χ0v) is 10.3. The molecule has 0 bridgehead atoms. The Kier molecular flexibility index (Phi) is 3.49. The standard InChI is InChI=1S/C13H17ClN2/c1-9-6-7-11(14)8-12(9)16-13(15)10-4-2-3-5-10/h6-8,10H,2-5H2,1H3,(H2,15,16). The third kappa shape index (κ3) is 2.56. The molecule has 0 atom stereocenters. The molecule has 1 aromatic rings. The van der Waals surface area contributed by atoms with E-state index in [0.717, 1.165) is 17.1 Å².